The van der Waals surface area contributed by atoms with E-state index in [2.05, 4.69) is 11.9 Å². The van der Waals surface area contributed by atoms with E-state index < -0.39 is 81.8 Å². The maximum atomic E-state index is 13.4. The number of epoxide rings is 1. The maximum absolute atomic E-state index is 13.4. The number of carbonyl (C=O) groups excluding carboxylic acids is 5. The number of allylic oxidation sites excluding steroid dienone is 1. The summed E-state index contributed by atoms with van der Waals surface area (Å²) < 4.78 is 29.9. The van der Waals surface area contributed by atoms with Crippen LogP contribution in [0.25, 0.3) is 0 Å². The molecule has 1 unspecified atom stereocenters. The van der Waals surface area contributed by atoms with Gasteiger partial charge < -0.3 is 29.0 Å². The van der Waals surface area contributed by atoms with Gasteiger partial charge in [-0.1, -0.05) is 46.4 Å². The van der Waals surface area contributed by atoms with E-state index in [0.717, 1.165) is 0 Å². The highest BCUT2D eigenvalue weighted by atomic mass is 16.6. The maximum Gasteiger partial charge on any atom is 0.330 e. The summed E-state index contributed by atoms with van der Waals surface area (Å²) in [6, 6.07) is 0. The first-order chi connectivity index (χ1) is 20.5. The fourth-order valence-corrected chi connectivity index (χ4v) is 8.79. The lowest BCUT2D eigenvalue weighted by Gasteiger charge is -2.58. The quantitative estimate of drug-likeness (QED) is 0.197. The molecule has 3 heterocycles. The standard InChI is InChI=1S/C33H43NO10/c1-16(2)29(39)42-27-26(41-18(4)35)25(31(7)12-10-23(36)44-30(5,6)21(31)15-24(37)40-9)17(3)33-22(43-33)14-20(32(27,33)8)19-11-13-34-28(19)38/h10-12,16,20-22,25-27H,3,13-15H2,1-2,4-9H3,(H,34,38)/t20-,21-,22+,25?,26+,27-,31-,32+,33+/m0/s1. The summed E-state index contributed by atoms with van der Waals surface area (Å²) in [5.74, 6) is -4.83. The van der Waals surface area contributed by atoms with Gasteiger partial charge in [-0.05, 0) is 25.8 Å². The summed E-state index contributed by atoms with van der Waals surface area (Å²) in [4.78, 5) is 65.0. The largest absolute Gasteiger partial charge is 0.469 e. The normalized spacial score (nSPS) is 40.2. The zero-order chi connectivity index (χ0) is 32.6. The van der Waals surface area contributed by atoms with E-state index in [1.54, 1.807) is 33.8 Å². The molecule has 0 aromatic rings. The molecule has 5 aliphatic rings. The Bertz CT molecular complexity index is 1380. The molecule has 11 nitrogen and oxygen atoms in total. The Morgan fingerprint density at radius 3 is 2.39 bits per heavy atom. The van der Waals surface area contributed by atoms with Crippen LogP contribution in [-0.4, -0.2) is 73.0 Å². The Kier molecular flexibility index (Phi) is 7.67. The van der Waals surface area contributed by atoms with Gasteiger partial charge in [-0.3, -0.25) is 19.2 Å². The Morgan fingerprint density at radius 2 is 1.82 bits per heavy atom. The summed E-state index contributed by atoms with van der Waals surface area (Å²) in [5, 5.41) is 2.84. The molecule has 9 atom stereocenters. The Balaban J connectivity index is 1.75. The van der Waals surface area contributed by atoms with E-state index in [9.17, 15) is 24.0 Å². The van der Waals surface area contributed by atoms with Gasteiger partial charge in [0.05, 0.1) is 31.0 Å². The molecule has 1 saturated heterocycles. The van der Waals surface area contributed by atoms with Crippen molar-refractivity contribution in [1.82, 2.24) is 5.32 Å². The molecule has 2 aliphatic carbocycles. The predicted octanol–water partition coefficient (Wildman–Crippen LogP) is 2.97. The summed E-state index contributed by atoms with van der Waals surface area (Å²) in [6.45, 7) is 16.9. The van der Waals surface area contributed by atoms with Gasteiger partial charge in [0.25, 0.3) is 0 Å². The van der Waals surface area contributed by atoms with Crippen molar-refractivity contribution in [3.63, 3.8) is 0 Å². The van der Waals surface area contributed by atoms with Gasteiger partial charge >= 0.3 is 23.9 Å². The Hall–Kier alpha value is -3.47. The highest BCUT2D eigenvalue weighted by Gasteiger charge is 2.84. The summed E-state index contributed by atoms with van der Waals surface area (Å²) in [7, 11) is 1.29. The summed E-state index contributed by atoms with van der Waals surface area (Å²) in [5.41, 5.74) is -3.24. The molecule has 2 saturated carbocycles. The number of ether oxygens (including phenoxy) is 5. The fourth-order valence-electron chi connectivity index (χ4n) is 8.79. The molecule has 1 spiro atoms. The Labute approximate surface area is 257 Å². The van der Waals surface area contributed by atoms with Crippen LogP contribution in [-0.2, 0) is 47.7 Å². The van der Waals surface area contributed by atoms with Crippen LogP contribution in [0.5, 0.6) is 0 Å². The van der Waals surface area contributed by atoms with Crippen LogP contribution in [0.15, 0.2) is 36.0 Å². The first-order valence-electron chi connectivity index (χ1n) is 15.2. The average molecular weight is 614 g/mol. The van der Waals surface area contributed by atoms with Crippen molar-refractivity contribution < 1.29 is 47.7 Å². The number of rotatable bonds is 7. The van der Waals surface area contributed by atoms with Gasteiger partial charge in [0.15, 0.2) is 0 Å². The van der Waals surface area contributed by atoms with Crippen LogP contribution in [0.1, 0.15) is 61.3 Å². The van der Waals surface area contributed by atoms with Crippen LogP contribution in [0.3, 0.4) is 0 Å². The smallest absolute Gasteiger partial charge is 0.330 e. The molecule has 0 aromatic heterocycles. The van der Waals surface area contributed by atoms with E-state index in [1.807, 2.05) is 19.9 Å². The van der Waals surface area contributed by atoms with Crippen molar-refractivity contribution in [3.8, 4) is 0 Å². The number of esters is 4. The zero-order valence-electron chi connectivity index (χ0n) is 26.7. The van der Waals surface area contributed by atoms with Gasteiger partial charge in [0.2, 0.25) is 5.91 Å². The van der Waals surface area contributed by atoms with Gasteiger partial charge in [-0.2, -0.15) is 0 Å². The van der Waals surface area contributed by atoms with Crippen LogP contribution in [0.2, 0.25) is 0 Å². The molecule has 5 rings (SSSR count). The Morgan fingerprint density at radius 1 is 1.14 bits per heavy atom. The van der Waals surface area contributed by atoms with Crippen molar-refractivity contribution in [2.24, 2.45) is 34.5 Å². The van der Waals surface area contributed by atoms with Gasteiger partial charge in [0, 0.05) is 48.3 Å². The predicted molar refractivity (Wildman–Crippen MR) is 155 cm³/mol. The molecule has 240 valence electrons. The third kappa shape index (κ3) is 4.52. The van der Waals surface area contributed by atoms with Gasteiger partial charge in [0.1, 0.15) is 23.4 Å². The van der Waals surface area contributed by atoms with E-state index in [1.165, 1.54) is 20.1 Å². The van der Waals surface area contributed by atoms with E-state index in [-0.39, 0.29) is 18.4 Å². The fraction of sp³-hybridized carbons (Fsp3) is 0.667. The molecule has 1 N–H and O–H groups in total. The first-order valence-corrected chi connectivity index (χ1v) is 15.2. The lowest BCUT2D eigenvalue weighted by atomic mass is 9.48. The molecule has 0 bridgehead atoms. The summed E-state index contributed by atoms with van der Waals surface area (Å²) >= 11 is 0. The summed E-state index contributed by atoms with van der Waals surface area (Å²) in [6.07, 6.45) is 2.65. The van der Waals surface area contributed by atoms with Crippen LogP contribution < -0.4 is 5.32 Å². The zero-order valence-corrected chi connectivity index (χ0v) is 26.7. The molecule has 44 heavy (non-hydrogen) atoms. The molecular formula is C33H43NO10. The van der Waals surface area contributed by atoms with Crippen LogP contribution >= 0.6 is 0 Å². The third-order valence-electron chi connectivity index (χ3n) is 10.8. The SMILES string of the molecule is C=C1C([C@@]2(C)C=CC(=O)OC(C)(C)[C@@H]2CC(=O)OC)[C@@H](OC(C)=O)[C@H](OC(=O)C(C)C)[C@@]2(C)[C@H](C3=CCNC3=O)C[C@H]3O[C@]132. The van der Waals surface area contributed by atoms with Crippen molar-refractivity contribution in [2.75, 3.05) is 13.7 Å². The second-order valence-corrected chi connectivity index (χ2v) is 13.9. The molecule has 3 aliphatic heterocycles. The molecule has 11 heteroatoms. The molecular weight excluding hydrogens is 570 g/mol. The molecule has 0 radical (unpaired) electrons. The number of hydrogen-bond acceptors (Lipinski definition) is 10. The molecule has 0 aromatic carbocycles. The minimum Gasteiger partial charge on any atom is -0.469 e. The number of methoxy groups -OCH3 is 1. The lowest BCUT2D eigenvalue weighted by molar-refractivity contribution is -0.213. The second kappa shape index (κ2) is 10.6. The molecule has 1 amide bonds. The molecule has 3 fully saturated rings. The van der Waals surface area contributed by atoms with Crippen molar-refractivity contribution in [2.45, 2.75) is 90.8 Å². The third-order valence-corrected chi connectivity index (χ3v) is 10.8. The average Bonchev–Trinajstić information content (AvgIpc) is 3.44. The van der Waals surface area contributed by atoms with Crippen LogP contribution in [0.4, 0.5) is 0 Å². The van der Waals surface area contributed by atoms with E-state index in [0.29, 0.717) is 24.1 Å². The van der Waals surface area contributed by atoms with Crippen molar-refractivity contribution in [3.05, 3.63) is 36.0 Å². The monoisotopic (exact) mass is 613 g/mol. The topological polar surface area (TPSA) is 147 Å². The number of carbonyl (C=O) groups is 5. The van der Waals surface area contributed by atoms with Crippen LogP contribution in [0, 0.1) is 34.5 Å². The number of cyclic esters (lactones) is 1. The van der Waals surface area contributed by atoms with E-state index in [4.69, 9.17) is 23.7 Å². The van der Waals surface area contributed by atoms with Gasteiger partial charge in [-0.15, -0.1) is 0 Å². The lowest BCUT2D eigenvalue weighted by Crippen LogP contribution is -2.67. The highest BCUT2D eigenvalue weighted by molar-refractivity contribution is 5.96. The number of nitrogens with one attached hydrogen (secondary N) is 1. The highest BCUT2D eigenvalue weighted by Crippen LogP contribution is 2.75. The minimum atomic E-state index is -1.18. The first kappa shape index (κ1) is 31.9. The second-order valence-electron chi connectivity index (χ2n) is 13.9. The van der Waals surface area contributed by atoms with Gasteiger partial charge in [-0.25, -0.2) is 4.79 Å². The minimum absolute atomic E-state index is 0.130. The number of hydrogen-bond donors (Lipinski definition) is 1. The van der Waals surface area contributed by atoms with Crippen molar-refractivity contribution in [1.29, 1.82) is 0 Å². The number of amides is 1. The van der Waals surface area contributed by atoms with Crippen molar-refractivity contribution >= 4 is 29.8 Å². The van der Waals surface area contributed by atoms with E-state index >= 15 is 0 Å².